The molecule has 1 aromatic carbocycles. The average molecular weight is 417 g/mol. The summed E-state index contributed by atoms with van der Waals surface area (Å²) in [5.41, 5.74) is 0.359. The van der Waals surface area contributed by atoms with Crippen molar-refractivity contribution in [2.45, 2.75) is 17.2 Å². The summed E-state index contributed by atoms with van der Waals surface area (Å²) < 4.78 is 68.1. The number of benzene rings is 1. The molecule has 0 amide bonds. The summed E-state index contributed by atoms with van der Waals surface area (Å²) in [7, 11) is -5.77. The number of hydrogen-bond donors (Lipinski definition) is 0. The van der Waals surface area contributed by atoms with Crippen molar-refractivity contribution in [3.63, 3.8) is 0 Å². The summed E-state index contributed by atoms with van der Waals surface area (Å²) in [5, 5.41) is -0.0546. The molecule has 1 aromatic heterocycles. The van der Waals surface area contributed by atoms with Gasteiger partial charge in [0.05, 0.1) is 12.1 Å². The second kappa shape index (κ2) is 7.66. The van der Waals surface area contributed by atoms with E-state index in [2.05, 4.69) is 4.98 Å². The first-order valence-corrected chi connectivity index (χ1v) is 11.4. The Kier molecular flexibility index (Phi) is 5.65. The topological polar surface area (TPSA) is 92.6 Å². The van der Waals surface area contributed by atoms with E-state index in [-0.39, 0.29) is 37.0 Å². The zero-order valence-electron chi connectivity index (χ0n) is 14.8. The summed E-state index contributed by atoms with van der Waals surface area (Å²) in [6, 6.07) is 5.45. The van der Waals surface area contributed by atoms with Gasteiger partial charge in [-0.15, -0.1) is 0 Å². The largest absolute Gasteiger partial charge is 0.339 e. The minimum atomic E-state index is -3.77. The van der Waals surface area contributed by atoms with E-state index in [4.69, 9.17) is 0 Å². The highest BCUT2D eigenvalue weighted by Gasteiger charge is 2.32. The number of rotatable bonds is 5. The molecule has 1 saturated heterocycles. The van der Waals surface area contributed by atoms with Gasteiger partial charge in [0, 0.05) is 39.4 Å². The number of aromatic nitrogens is 2. The van der Waals surface area contributed by atoms with E-state index in [1.807, 2.05) is 0 Å². The summed E-state index contributed by atoms with van der Waals surface area (Å²) in [6.45, 7) is 0.516. The van der Waals surface area contributed by atoms with Crippen molar-refractivity contribution < 1.29 is 21.2 Å². The van der Waals surface area contributed by atoms with E-state index in [1.54, 1.807) is 17.7 Å². The van der Waals surface area contributed by atoms with Crippen molar-refractivity contribution in [2.75, 3.05) is 26.2 Å². The molecule has 0 saturated carbocycles. The van der Waals surface area contributed by atoms with Gasteiger partial charge in [0.25, 0.3) is 10.0 Å². The van der Waals surface area contributed by atoms with E-state index < -0.39 is 25.9 Å². The number of imidazole rings is 1. The molecule has 0 spiro atoms. The molecule has 2 heterocycles. The maximum Gasteiger partial charge on any atom is 0.262 e. The standard InChI is InChI=1S/C16H21FN4O4S2/c1-19-11-16(18-13-19)27(24,25)21-7-3-6-20(8-9-21)26(22,23)12-14-4-2-5-15(17)10-14/h2,4-5,10-11,13H,3,6-9,12H2,1H3. The lowest BCUT2D eigenvalue weighted by Crippen LogP contribution is -2.37. The van der Waals surface area contributed by atoms with Crippen LogP contribution in [0.3, 0.4) is 0 Å². The minimum Gasteiger partial charge on any atom is -0.339 e. The molecule has 148 valence electrons. The number of sulfonamides is 2. The summed E-state index contributed by atoms with van der Waals surface area (Å²) >= 11 is 0. The van der Waals surface area contributed by atoms with Crippen LogP contribution >= 0.6 is 0 Å². The quantitative estimate of drug-likeness (QED) is 0.718. The van der Waals surface area contributed by atoms with Crippen molar-refractivity contribution >= 4 is 20.0 Å². The molecule has 0 radical (unpaired) electrons. The molecule has 3 rings (SSSR count). The zero-order valence-corrected chi connectivity index (χ0v) is 16.5. The molecular weight excluding hydrogens is 395 g/mol. The summed E-state index contributed by atoms with van der Waals surface area (Å²) in [6.07, 6.45) is 3.19. The summed E-state index contributed by atoms with van der Waals surface area (Å²) in [4.78, 5) is 3.89. The Bertz CT molecular complexity index is 1020. The third-order valence-corrected chi connectivity index (χ3v) is 7.97. The van der Waals surface area contributed by atoms with Gasteiger partial charge in [-0.05, 0) is 24.1 Å². The van der Waals surface area contributed by atoms with Crippen LogP contribution in [-0.2, 0) is 32.8 Å². The van der Waals surface area contributed by atoms with Gasteiger partial charge < -0.3 is 4.57 Å². The molecular formula is C16H21FN4O4S2. The highest BCUT2D eigenvalue weighted by atomic mass is 32.2. The van der Waals surface area contributed by atoms with Gasteiger partial charge in [-0.1, -0.05) is 12.1 Å². The molecule has 0 N–H and O–H groups in total. The fraction of sp³-hybridized carbons (Fsp3) is 0.438. The van der Waals surface area contributed by atoms with Crippen LogP contribution in [-0.4, -0.2) is 61.2 Å². The molecule has 1 aliphatic rings. The van der Waals surface area contributed by atoms with Gasteiger partial charge in [0.15, 0.2) is 5.03 Å². The first-order chi connectivity index (χ1) is 12.7. The van der Waals surface area contributed by atoms with Crippen molar-refractivity contribution in [3.8, 4) is 0 Å². The second-order valence-corrected chi connectivity index (χ2v) is 10.3. The average Bonchev–Trinajstić information content (AvgIpc) is 2.87. The van der Waals surface area contributed by atoms with E-state index in [0.29, 0.717) is 12.0 Å². The third kappa shape index (κ3) is 4.54. The van der Waals surface area contributed by atoms with Crippen LogP contribution in [0.15, 0.2) is 41.8 Å². The van der Waals surface area contributed by atoms with E-state index in [1.165, 1.54) is 39.3 Å². The van der Waals surface area contributed by atoms with E-state index >= 15 is 0 Å². The Hall–Kier alpha value is -1.82. The Labute approximate surface area is 158 Å². The highest BCUT2D eigenvalue weighted by molar-refractivity contribution is 7.89. The van der Waals surface area contributed by atoms with Gasteiger partial charge >= 0.3 is 0 Å². The fourth-order valence-corrected chi connectivity index (χ4v) is 5.96. The van der Waals surface area contributed by atoms with Crippen molar-refractivity contribution in [3.05, 3.63) is 48.2 Å². The van der Waals surface area contributed by atoms with Gasteiger partial charge in [-0.25, -0.2) is 30.5 Å². The predicted molar refractivity (Wildman–Crippen MR) is 97.2 cm³/mol. The SMILES string of the molecule is Cn1cnc(S(=O)(=O)N2CCCN(S(=O)(=O)Cc3cccc(F)c3)CC2)c1. The molecule has 11 heteroatoms. The smallest absolute Gasteiger partial charge is 0.262 e. The monoisotopic (exact) mass is 416 g/mol. The third-order valence-electron chi connectivity index (χ3n) is 4.33. The van der Waals surface area contributed by atoms with Crippen LogP contribution in [0.25, 0.3) is 0 Å². The number of nitrogens with zero attached hydrogens (tertiary/aromatic N) is 4. The maximum atomic E-state index is 13.3. The maximum absolute atomic E-state index is 13.3. The van der Waals surface area contributed by atoms with Crippen LogP contribution in [0.5, 0.6) is 0 Å². The number of hydrogen-bond acceptors (Lipinski definition) is 5. The molecule has 2 aromatic rings. The van der Waals surface area contributed by atoms with Crippen LogP contribution in [0, 0.1) is 5.82 Å². The lowest BCUT2D eigenvalue weighted by Gasteiger charge is -2.21. The lowest BCUT2D eigenvalue weighted by molar-refractivity contribution is 0.403. The molecule has 0 bridgehead atoms. The van der Waals surface area contributed by atoms with Crippen LogP contribution in [0.2, 0.25) is 0 Å². The van der Waals surface area contributed by atoms with Crippen LogP contribution in [0.1, 0.15) is 12.0 Å². The minimum absolute atomic E-state index is 0.0429. The molecule has 0 unspecified atom stereocenters. The molecule has 0 aliphatic carbocycles. The molecule has 27 heavy (non-hydrogen) atoms. The van der Waals surface area contributed by atoms with Gasteiger partial charge in [-0.3, -0.25) is 0 Å². The normalized spacial score (nSPS) is 17.7. The zero-order chi connectivity index (χ0) is 19.7. The Balaban J connectivity index is 1.72. The first-order valence-electron chi connectivity index (χ1n) is 8.39. The fourth-order valence-electron chi connectivity index (χ4n) is 2.97. The van der Waals surface area contributed by atoms with E-state index in [0.717, 1.165) is 0 Å². The molecule has 1 aliphatic heterocycles. The first kappa shape index (κ1) is 19.9. The van der Waals surface area contributed by atoms with Crippen molar-refractivity contribution in [2.24, 2.45) is 7.05 Å². The van der Waals surface area contributed by atoms with Crippen LogP contribution in [0.4, 0.5) is 4.39 Å². The number of aryl methyl sites for hydroxylation is 1. The molecule has 0 atom stereocenters. The molecule has 1 fully saturated rings. The number of halogens is 1. The predicted octanol–water partition coefficient (Wildman–Crippen LogP) is 0.786. The lowest BCUT2D eigenvalue weighted by atomic mass is 10.2. The van der Waals surface area contributed by atoms with E-state index in [9.17, 15) is 21.2 Å². The second-order valence-electron chi connectivity index (χ2n) is 6.42. The molecule has 8 nitrogen and oxygen atoms in total. The van der Waals surface area contributed by atoms with Crippen molar-refractivity contribution in [1.82, 2.24) is 18.2 Å². The Morgan fingerprint density at radius 1 is 1.07 bits per heavy atom. The Morgan fingerprint density at radius 3 is 2.44 bits per heavy atom. The van der Waals surface area contributed by atoms with Gasteiger partial charge in [0.1, 0.15) is 5.82 Å². The van der Waals surface area contributed by atoms with Crippen LogP contribution < -0.4 is 0 Å². The van der Waals surface area contributed by atoms with Gasteiger partial charge in [-0.2, -0.15) is 4.31 Å². The van der Waals surface area contributed by atoms with Gasteiger partial charge in [0.2, 0.25) is 10.0 Å². The summed E-state index contributed by atoms with van der Waals surface area (Å²) in [5.74, 6) is -0.816. The van der Waals surface area contributed by atoms with Crippen molar-refractivity contribution in [1.29, 1.82) is 0 Å². The Morgan fingerprint density at radius 2 is 1.78 bits per heavy atom. The highest BCUT2D eigenvalue weighted by Crippen LogP contribution is 2.19.